The third kappa shape index (κ3) is 4.63. The number of halogens is 1. The minimum atomic E-state index is 0. The summed E-state index contributed by atoms with van der Waals surface area (Å²) in [5.41, 5.74) is 1.97. The van der Waals surface area contributed by atoms with Gasteiger partial charge >= 0.3 is 0 Å². The fraction of sp³-hybridized carbons (Fsp3) is 0.692. The number of carbonyl (C=O) groups is 1. The van der Waals surface area contributed by atoms with Crippen LogP contribution in [0.1, 0.15) is 68.4 Å². The molecule has 0 bridgehead atoms. The fourth-order valence-corrected chi connectivity index (χ4v) is 6.21. The Morgan fingerprint density at radius 2 is 1.97 bits per heavy atom. The van der Waals surface area contributed by atoms with Crippen molar-refractivity contribution in [2.45, 2.75) is 63.3 Å². The van der Waals surface area contributed by atoms with Crippen LogP contribution in [0.5, 0.6) is 5.75 Å². The van der Waals surface area contributed by atoms with Gasteiger partial charge in [0, 0.05) is 49.5 Å². The molecule has 1 saturated heterocycles. The van der Waals surface area contributed by atoms with Crippen LogP contribution in [-0.4, -0.2) is 55.0 Å². The molecule has 5 nitrogen and oxygen atoms in total. The van der Waals surface area contributed by atoms with Crippen molar-refractivity contribution >= 4 is 18.3 Å². The van der Waals surface area contributed by atoms with Gasteiger partial charge < -0.3 is 14.5 Å². The average molecular weight is 458 g/mol. The fourth-order valence-electron chi connectivity index (χ4n) is 6.21. The smallest absolute Gasteiger partial charge is 0.225 e. The van der Waals surface area contributed by atoms with Crippen LogP contribution in [0.4, 0.5) is 0 Å². The first-order chi connectivity index (χ1) is 15.1. The van der Waals surface area contributed by atoms with Gasteiger partial charge in [-0.05, 0) is 75.6 Å². The maximum Gasteiger partial charge on any atom is 0.225 e. The molecule has 32 heavy (non-hydrogen) atoms. The van der Waals surface area contributed by atoms with Gasteiger partial charge in [-0.2, -0.15) is 5.26 Å². The van der Waals surface area contributed by atoms with E-state index in [0.29, 0.717) is 29.7 Å². The monoisotopic (exact) mass is 457 g/mol. The zero-order valence-corrected chi connectivity index (χ0v) is 20.0. The van der Waals surface area contributed by atoms with Gasteiger partial charge in [0.05, 0.1) is 18.2 Å². The first kappa shape index (κ1) is 23.4. The molecule has 3 fully saturated rings. The van der Waals surface area contributed by atoms with Crippen LogP contribution in [0.2, 0.25) is 0 Å². The summed E-state index contributed by atoms with van der Waals surface area (Å²) in [6, 6.07) is 8.60. The summed E-state index contributed by atoms with van der Waals surface area (Å²) in [6.07, 6.45) is 9.54. The molecule has 0 unspecified atom stereocenters. The molecule has 174 valence electrons. The minimum Gasteiger partial charge on any atom is -0.493 e. The quantitative estimate of drug-likeness (QED) is 0.648. The van der Waals surface area contributed by atoms with Crippen LogP contribution in [-0.2, 0) is 4.79 Å². The molecule has 1 aromatic rings. The minimum absolute atomic E-state index is 0. The van der Waals surface area contributed by atoms with Crippen molar-refractivity contribution in [1.82, 2.24) is 9.80 Å². The number of fused-ring (bicyclic) bond motifs is 3. The Hall–Kier alpha value is -1.77. The molecular weight excluding hydrogens is 422 g/mol. The van der Waals surface area contributed by atoms with Gasteiger partial charge in [-0.15, -0.1) is 12.4 Å². The van der Waals surface area contributed by atoms with Crippen LogP contribution < -0.4 is 4.74 Å². The molecule has 2 aliphatic carbocycles. The highest BCUT2D eigenvalue weighted by Crippen LogP contribution is 2.42. The van der Waals surface area contributed by atoms with Crippen molar-refractivity contribution in [3.8, 4) is 11.8 Å². The Kier molecular flexibility index (Phi) is 7.32. The summed E-state index contributed by atoms with van der Waals surface area (Å²) < 4.78 is 5.99. The van der Waals surface area contributed by atoms with E-state index in [4.69, 9.17) is 4.74 Å². The van der Waals surface area contributed by atoms with Crippen molar-refractivity contribution in [2.24, 2.45) is 17.8 Å². The van der Waals surface area contributed by atoms with Gasteiger partial charge in [-0.1, -0.05) is 6.42 Å². The highest BCUT2D eigenvalue weighted by molar-refractivity contribution is 5.85. The lowest BCUT2D eigenvalue weighted by Crippen LogP contribution is -2.44. The molecule has 0 spiro atoms. The normalized spacial score (nSPS) is 29.5. The highest BCUT2D eigenvalue weighted by Gasteiger charge is 2.39. The van der Waals surface area contributed by atoms with Crippen LogP contribution in [0.15, 0.2) is 18.2 Å². The predicted octanol–water partition coefficient (Wildman–Crippen LogP) is 4.60. The van der Waals surface area contributed by atoms with Crippen LogP contribution >= 0.6 is 12.4 Å². The lowest BCUT2D eigenvalue weighted by Gasteiger charge is -2.38. The number of hydrogen-bond donors (Lipinski definition) is 0. The molecule has 5 rings (SSSR count). The molecular formula is C26H36ClN3O2. The largest absolute Gasteiger partial charge is 0.493 e. The summed E-state index contributed by atoms with van der Waals surface area (Å²) in [5, 5.41) is 9.26. The van der Waals surface area contributed by atoms with Crippen molar-refractivity contribution in [3.05, 3.63) is 29.3 Å². The zero-order valence-electron chi connectivity index (χ0n) is 19.2. The standard InChI is InChI=1S/C26H35N3O2.ClH/c1-28(26(30)20-3-2-4-20)22-8-5-18(6-9-22)11-12-29-15-21-17-31-25-10-7-19(14-27)13-23(25)24(21)16-29;/h7,10,13,18,20-22,24H,2-6,8-9,11-12,15-17H2,1H3;1H/t18?,21-,22?,24+;/m0./s1. The van der Waals surface area contributed by atoms with Crippen molar-refractivity contribution in [1.29, 1.82) is 5.26 Å². The molecule has 2 atom stereocenters. The Bertz CT molecular complexity index is 857. The summed E-state index contributed by atoms with van der Waals surface area (Å²) in [7, 11) is 2.04. The lowest BCUT2D eigenvalue weighted by atomic mass is 9.81. The number of likely N-dealkylation sites (tertiary alicyclic amines) is 1. The Balaban J connectivity index is 0.00000245. The van der Waals surface area contributed by atoms with Gasteiger partial charge in [0.15, 0.2) is 0 Å². The molecule has 1 aromatic carbocycles. The second-order valence-electron chi connectivity index (χ2n) is 10.3. The van der Waals surface area contributed by atoms with Gasteiger partial charge in [0.25, 0.3) is 0 Å². The first-order valence-corrected chi connectivity index (χ1v) is 12.3. The molecule has 0 N–H and O–H groups in total. The number of benzene rings is 1. The summed E-state index contributed by atoms with van der Waals surface area (Å²) in [5.74, 6) is 3.53. The maximum absolute atomic E-state index is 12.5. The van der Waals surface area contributed by atoms with Crippen molar-refractivity contribution in [2.75, 3.05) is 33.3 Å². The van der Waals surface area contributed by atoms with E-state index in [-0.39, 0.29) is 12.4 Å². The number of nitriles is 1. The van der Waals surface area contributed by atoms with E-state index in [9.17, 15) is 10.1 Å². The summed E-state index contributed by atoms with van der Waals surface area (Å²) >= 11 is 0. The molecule has 4 aliphatic rings. The Morgan fingerprint density at radius 1 is 1.19 bits per heavy atom. The summed E-state index contributed by atoms with van der Waals surface area (Å²) in [6.45, 7) is 4.15. The molecule has 0 aromatic heterocycles. The van der Waals surface area contributed by atoms with E-state index in [2.05, 4.69) is 15.9 Å². The van der Waals surface area contributed by atoms with Gasteiger partial charge in [0.2, 0.25) is 5.91 Å². The Labute approximate surface area is 198 Å². The SMILES string of the molecule is CN(C(=O)C1CCC1)C1CCC(CCN2C[C@H]3COc4ccc(C#N)cc4[C@@H]3C2)CC1.Cl. The molecule has 2 aliphatic heterocycles. The first-order valence-electron chi connectivity index (χ1n) is 12.3. The number of nitrogens with zero attached hydrogens (tertiary/aromatic N) is 3. The molecule has 2 saturated carbocycles. The number of rotatable bonds is 5. The van der Waals surface area contributed by atoms with Crippen molar-refractivity contribution in [3.63, 3.8) is 0 Å². The molecule has 0 radical (unpaired) electrons. The number of carbonyl (C=O) groups excluding carboxylic acids is 1. The maximum atomic E-state index is 12.5. The third-order valence-electron chi connectivity index (χ3n) is 8.53. The van der Waals surface area contributed by atoms with Crippen molar-refractivity contribution < 1.29 is 9.53 Å². The third-order valence-corrected chi connectivity index (χ3v) is 8.53. The van der Waals surface area contributed by atoms with Gasteiger partial charge in [-0.3, -0.25) is 4.79 Å². The van der Waals surface area contributed by atoms with E-state index in [1.807, 2.05) is 25.2 Å². The average Bonchev–Trinajstić information content (AvgIpc) is 3.19. The molecule has 1 amide bonds. The summed E-state index contributed by atoms with van der Waals surface area (Å²) in [4.78, 5) is 17.2. The van der Waals surface area contributed by atoms with Crippen LogP contribution in [0.25, 0.3) is 0 Å². The number of ether oxygens (including phenoxy) is 1. The van der Waals surface area contributed by atoms with E-state index in [1.54, 1.807) is 0 Å². The second-order valence-corrected chi connectivity index (χ2v) is 10.3. The number of amides is 1. The topological polar surface area (TPSA) is 56.6 Å². The van der Waals surface area contributed by atoms with Crippen LogP contribution in [0, 0.1) is 29.1 Å². The molecule has 6 heteroatoms. The number of hydrogen-bond acceptors (Lipinski definition) is 4. The predicted molar refractivity (Wildman–Crippen MR) is 127 cm³/mol. The van der Waals surface area contributed by atoms with Crippen LogP contribution in [0.3, 0.4) is 0 Å². The zero-order chi connectivity index (χ0) is 21.4. The second kappa shape index (κ2) is 10.0. The highest BCUT2D eigenvalue weighted by atomic mass is 35.5. The lowest BCUT2D eigenvalue weighted by molar-refractivity contribution is -0.139. The molecule has 2 heterocycles. The van der Waals surface area contributed by atoms with Gasteiger partial charge in [0.1, 0.15) is 5.75 Å². The Morgan fingerprint density at radius 3 is 2.66 bits per heavy atom. The van der Waals surface area contributed by atoms with E-state index >= 15 is 0 Å². The van der Waals surface area contributed by atoms with E-state index in [1.165, 1.54) is 44.1 Å². The van der Waals surface area contributed by atoms with E-state index < -0.39 is 0 Å². The van der Waals surface area contributed by atoms with Gasteiger partial charge in [-0.25, -0.2) is 0 Å². The van der Waals surface area contributed by atoms with E-state index in [0.717, 1.165) is 56.3 Å².